The highest BCUT2D eigenvalue weighted by Crippen LogP contribution is 2.29. The van der Waals surface area contributed by atoms with Crippen LogP contribution in [0.2, 0.25) is 0 Å². The van der Waals surface area contributed by atoms with Crippen LogP contribution in [0.1, 0.15) is 43.3 Å². The average Bonchev–Trinajstić information content (AvgIpc) is 2.75. The van der Waals surface area contributed by atoms with Gasteiger partial charge in [-0.2, -0.15) is 0 Å². The molecule has 6 heteroatoms. The predicted octanol–water partition coefficient (Wildman–Crippen LogP) is 2.67. The van der Waals surface area contributed by atoms with Crippen LogP contribution < -0.4 is 11.1 Å². The van der Waals surface area contributed by atoms with Crippen LogP contribution >= 0.6 is 11.3 Å². The van der Waals surface area contributed by atoms with E-state index in [-0.39, 0.29) is 5.91 Å². The molecule has 0 spiro atoms. The Morgan fingerprint density at radius 1 is 1.45 bits per heavy atom. The second-order valence-corrected chi connectivity index (χ2v) is 6.82. The molecule has 1 aliphatic rings. The van der Waals surface area contributed by atoms with Crippen molar-refractivity contribution in [1.82, 2.24) is 9.88 Å². The van der Waals surface area contributed by atoms with Crippen molar-refractivity contribution in [2.45, 2.75) is 33.6 Å². The summed E-state index contributed by atoms with van der Waals surface area (Å²) in [6, 6.07) is 0. The molecule has 1 aliphatic heterocycles. The minimum atomic E-state index is 0.0305. The normalized spacial score (nSPS) is 22.9. The van der Waals surface area contributed by atoms with Gasteiger partial charge in [-0.05, 0) is 24.7 Å². The number of rotatable bonds is 4. The number of thiazole rings is 1. The topological polar surface area (TPSA) is 71.2 Å². The van der Waals surface area contributed by atoms with Crippen molar-refractivity contribution in [1.29, 1.82) is 0 Å². The van der Waals surface area contributed by atoms with Crippen LogP contribution in [0.4, 0.5) is 10.9 Å². The van der Waals surface area contributed by atoms with Gasteiger partial charge in [0.2, 0.25) is 0 Å². The number of nitrogens with zero attached hydrogens (tertiary/aromatic N) is 2. The van der Waals surface area contributed by atoms with Gasteiger partial charge in [0.1, 0.15) is 10.7 Å². The van der Waals surface area contributed by atoms with E-state index in [9.17, 15) is 4.79 Å². The molecule has 2 rings (SSSR count). The Morgan fingerprint density at radius 3 is 2.70 bits per heavy atom. The molecule has 1 aromatic rings. The van der Waals surface area contributed by atoms with Crippen LogP contribution in [0, 0.1) is 11.8 Å². The fourth-order valence-corrected chi connectivity index (χ4v) is 3.64. The molecule has 0 saturated carbocycles. The van der Waals surface area contributed by atoms with Crippen molar-refractivity contribution in [3.8, 4) is 0 Å². The minimum absolute atomic E-state index is 0.0305. The zero-order valence-corrected chi connectivity index (χ0v) is 13.3. The number of nitrogens with two attached hydrogens (primary N) is 1. The molecule has 1 fully saturated rings. The second-order valence-electron chi connectivity index (χ2n) is 5.82. The molecule has 2 heterocycles. The molecule has 1 saturated heterocycles. The predicted molar refractivity (Wildman–Crippen MR) is 84.2 cm³/mol. The number of carbonyl (C=O) groups excluding carboxylic acids is 1. The summed E-state index contributed by atoms with van der Waals surface area (Å²) in [6.45, 7) is 8.96. The van der Waals surface area contributed by atoms with Crippen molar-refractivity contribution < 1.29 is 4.79 Å². The summed E-state index contributed by atoms with van der Waals surface area (Å²) in [7, 11) is 0. The van der Waals surface area contributed by atoms with E-state index in [0.29, 0.717) is 22.5 Å². The third kappa shape index (κ3) is 3.42. The van der Waals surface area contributed by atoms with Gasteiger partial charge in [-0.25, -0.2) is 4.98 Å². The number of nitrogen functional groups attached to an aromatic ring is 1. The lowest BCUT2D eigenvalue weighted by atomic mass is 9.92. The first-order chi connectivity index (χ1) is 9.51. The Hall–Kier alpha value is -1.30. The van der Waals surface area contributed by atoms with Gasteiger partial charge < -0.3 is 16.0 Å². The summed E-state index contributed by atoms with van der Waals surface area (Å²) in [5, 5.41) is 3.93. The summed E-state index contributed by atoms with van der Waals surface area (Å²) in [6.07, 6.45) is 2.20. The van der Waals surface area contributed by atoms with Crippen LogP contribution in [0.3, 0.4) is 0 Å². The SMILES string of the molecule is CCCNc1nc(N)c(C(=O)N2CC(C)CC(C)C2)s1. The molecule has 0 aromatic carbocycles. The Balaban J connectivity index is 2.10. The van der Waals surface area contributed by atoms with Gasteiger partial charge >= 0.3 is 0 Å². The molecule has 5 nitrogen and oxygen atoms in total. The van der Waals surface area contributed by atoms with Crippen LogP contribution in [-0.2, 0) is 0 Å². The van der Waals surface area contributed by atoms with Crippen LogP contribution in [0.25, 0.3) is 0 Å². The van der Waals surface area contributed by atoms with E-state index in [4.69, 9.17) is 5.73 Å². The number of anilines is 2. The first kappa shape index (κ1) is 15.1. The van der Waals surface area contributed by atoms with Gasteiger partial charge in [0.05, 0.1) is 0 Å². The lowest BCUT2D eigenvalue weighted by molar-refractivity contribution is 0.0629. The van der Waals surface area contributed by atoms with E-state index in [2.05, 4.69) is 31.1 Å². The number of nitrogens with one attached hydrogen (secondary N) is 1. The quantitative estimate of drug-likeness (QED) is 0.896. The second kappa shape index (κ2) is 6.43. The summed E-state index contributed by atoms with van der Waals surface area (Å²) < 4.78 is 0. The number of hydrogen-bond donors (Lipinski definition) is 2. The van der Waals surface area contributed by atoms with Gasteiger partial charge in [-0.15, -0.1) is 0 Å². The van der Waals surface area contributed by atoms with Crippen molar-refractivity contribution in [3.05, 3.63) is 4.88 Å². The van der Waals surface area contributed by atoms with Gasteiger partial charge in [-0.3, -0.25) is 4.79 Å². The van der Waals surface area contributed by atoms with Crippen molar-refractivity contribution in [2.75, 3.05) is 30.7 Å². The molecule has 0 aliphatic carbocycles. The van der Waals surface area contributed by atoms with E-state index in [1.165, 1.54) is 17.8 Å². The molecule has 0 radical (unpaired) electrons. The average molecular weight is 296 g/mol. The Kier molecular flexibility index (Phi) is 4.86. The number of aromatic nitrogens is 1. The zero-order chi connectivity index (χ0) is 14.7. The van der Waals surface area contributed by atoms with Gasteiger partial charge in [-0.1, -0.05) is 32.1 Å². The highest BCUT2D eigenvalue weighted by molar-refractivity contribution is 7.18. The van der Waals surface area contributed by atoms with E-state index in [1.54, 1.807) is 0 Å². The molecule has 1 amide bonds. The van der Waals surface area contributed by atoms with E-state index < -0.39 is 0 Å². The molecule has 2 unspecified atom stereocenters. The molecular formula is C14H24N4OS. The smallest absolute Gasteiger partial charge is 0.267 e. The highest BCUT2D eigenvalue weighted by atomic mass is 32.1. The summed E-state index contributed by atoms with van der Waals surface area (Å²) in [5.74, 6) is 1.48. The monoisotopic (exact) mass is 296 g/mol. The molecular weight excluding hydrogens is 272 g/mol. The van der Waals surface area contributed by atoms with E-state index in [0.717, 1.165) is 31.2 Å². The highest BCUT2D eigenvalue weighted by Gasteiger charge is 2.28. The third-order valence-electron chi connectivity index (χ3n) is 3.53. The van der Waals surface area contributed by atoms with Gasteiger partial charge in [0, 0.05) is 19.6 Å². The fraction of sp³-hybridized carbons (Fsp3) is 0.714. The zero-order valence-electron chi connectivity index (χ0n) is 12.5. The third-order valence-corrected chi connectivity index (χ3v) is 4.55. The van der Waals surface area contributed by atoms with Crippen molar-refractivity contribution >= 4 is 28.2 Å². The van der Waals surface area contributed by atoms with Crippen LogP contribution in [0.15, 0.2) is 0 Å². The number of carbonyl (C=O) groups is 1. The molecule has 20 heavy (non-hydrogen) atoms. The number of piperidine rings is 1. The fourth-order valence-electron chi connectivity index (χ4n) is 2.77. The standard InChI is InChI=1S/C14H24N4OS/c1-4-5-16-14-17-12(15)11(20-14)13(19)18-7-9(2)6-10(3)8-18/h9-10H,4-8,15H2,1-3H3,(H,16,17). The van der Waals surface area contributed by atoms with E-state index >= 15 is 0 Å². The molecule has 0 bridgehead atoms. The summed E-state index contributed by atoms with van der Waals surface area (Å²) in [5.41, 5.74) is 5.90. The van der Waals surface area contributed by atoms with E-state index in [1.807, 2.05) is 4.90 Å². The van der Waals surface area contributed by atoms with Crippen molar-refractivity contribution in [3.63, 3.8) is 0 Å². The molecule has 3 N–H and O–H groups in total. The number of likely N-dealkylation sites (tertiary alicyclic amines) is 1. The van der Waals surface area contributed by atoms with Crippen LogP contribution in [-0.4, -0.2) is 35.4 Å². The Bertz CT molecular complexity index is 464. The van der Waals surface area contributed by atoms with Gasteiger partial charge in [0.15, 0.2) is 5.13 Å². The minimum Gasteiger partial charge on any atom is -0.382 e. The lowest BCUT2D eigenvalue weighted by Crippen LogP contribution is -2.42. The molecule has 2 atom stereocenters. The van der Waals surface area contributed by atoms with Gasteiger partial charge in [0.25, 0.3) is 5.91 Å². The maximum atomic E-state index is 12.6. The maximum Gasteiger partial charge on any atom is 0.267 e. The lowest BCUT2D eigenvalue weighted by Gasteiger charge is -2.34. The Labute approximate surface area is 124 Å². The first-order valence-electron chi connectivity index (χ1n) is 7.30. The first-order valence-corrected chi connectivity index (χ1v) is 8.12. The maximum absolute atomic E-state index is 12.6. The van der Waals surface area contributed by atoms with Crippen molar-refractivity contribution in [2.24, 2.45) is 11.8 Å². The van der Waals surface area contributed by atoms with Crippen LogP contribution in [0.5, 0.6) is 0 Å². The number of hydrogen-bond acceptors (Lipinski definition) is 5. The molecule has 1 aromatic heterocycles. The summed E-state index contributed by atoms with van der Waals surface area (Å²) >= 11 is 1.37. The largest absolute Gasteiger partial charge is 0.382 e. The number of amides is 1. The Morgan fingerprint density at radius 2 is 2.10 bits per heavy atom. The molecule has 112 valence electrons. The summed E-state index contributed by atoms with van der Waals surface area (Å²) in [4.78, 5) is 19.3.